The maximum Gasteiger partial charge on any atom is 0.303 e. The fourth-order valence-corrected chi connectivity index (χ4v) is 4.88. The lowest BCUT2D eigenvalue weighted by Crippen LogP contribution is -2.33. The van der Waals surface area contributed by atoms with Gasteiger partial charge in [0, 0.05) is 31.7 Å². The Labute approximate surface area is 167 Å². The number of carbonyl (C=O) groups excluding carboxylic acids is 1. The maximum absolute atomic E-state index is 13.1. The van der Waals surface area contributed by atoms with Gasteiger partial charge in [-0.2, -0.15) is 4.31 Å². The first kappa shape index (κ1) is 22.4. The molecule has 0 radical (unpaired) electrons. The van der Waals surface area contributed by atoms with E-state index in [2.05, 4.69) is 0 Å². The van der Waals surface area contributed by atoms with Gasteiger partial charge in [0.2, 0.25) is 15.9 Å². The number of nitrogens with zero attached hydrogens (tertiary/aromatic N) is 2. The van der Waals surface area contributed by atoms with Crippen molar-refractivity contribution in [1.29, 1.82) is 0 Å². The summed E-state index contributed by atoms with van der Waals surface area (Å²) in [5, 5.41) is 8.76. The molecule has 0 aromatic heterocycles. The molecule has 28 heavy (non-hydrogen) atoms. The van der Waals surface area contributed by atoms with E-state index in [4.69, 9.17) is 5.11 Å². The molecule has 0 bridgehead atoms. The molecule has 0 unspecified atom stereocenters. The lowest BCUT2D eigenvalue weighted by atomic mass is 10.2. The van der Waals surface area contributed by atoms with E-state index in [-0.39, 0.29) is 23.6 Å². The molecular formula is C20H30N2O5S. The number of benzene rings is 1. The Kier molecular flexibility index (Phi) is 8.00. The van der Waals surface area contributed by atoms with E-state index in [1.807, 2.05) is 13.8 Å². The summed E-state index contributed by atoms with van der Waals surface area (Å²) in [5.41, 5.74) is 1.50. The molecule has 1 aliphatic heterocycles. The zero-order chi connectivity index (χ0) is 20.7. The lowest BCUT2D eigenvalue weighted by Gasteiger charge is -2.22. The van der Waals surface area contributed by atoms with E-state index < -0.39 is 16.0 Å². The predicted molar refractivity (Wildman–Crippen MR) is 108 cm³/mol. The van der Waals surface area contributed by atoms with E-state index in [1.165, 1.54) is 0 Å². The Bertz CT molecular complexity index is 799. The van der Waals surface area contributed by atoms with E-state index in [1.54, 1.807) is 27.4 Å². The predicted octanol–water partition coefficient (Wildman–Crippen LogP) is 3.03. The standard InChI is InChI=1S/C20H30N2O5S/c1-3-5-12-21(13-6-4-2)28(26,27)17-7-8-18-16(15-17)11-14-22(18)19(23)9-10-20(24)25/h7-8,15H,3-6,9-14H2,1-2H3,(H,24,25). The number of hydrogen-bond donors (Lipinski definition) is 1. The lowest BCUT2D eigenvalue weighted by molar-refractivity contribution is -0.138. The summed E-state index contributed by atoms with van der Waals surface area (Å²) in [6, 6.07) is 4.90. The molecule has 1 aliphatic rings. The molecule has 1 amide bonds. The molecule has 0 aliphatic carbocycles. The molecule has 7 nitrogen and oxygen atoms in total. The number of carboxylic acid groups (broad SMARTS) is 1. The van der Waals surface area contributed by atoms with E-state index in [0.29, 0.717) is 31.7 Å². The molecule has 1 N–H and O–H groups in total. The number of carbonyl (C=O) groups is 2. The minimum absolute atomic E-state index is 0.0589. The quantitative estimate of drug-likeness (QED) is 0.605. The van der Waals surface area contributed by atoms with Crippen molar-refractivity contribution in [3.8, 4) is 0 Å². The van der Waals surface area contributed by atoms with Crippen molar-refractivity contribution in [3.63, 3.8) is 0 Å². The minimum atomic E-state index is -3.57. The summed E-state index contributed by atoms with van der Waals surface area (Å²) < 4.78 is 27.8. The first-order chi connectivity index (χ1) is 13.3. The van der Waals surface area contributed by atoms with Crippen LogP contribution in [0, 0.1) is 0 Å². The molecule has 1 aromatic rings. The number of rotatable bonds is 11. The highest BCUT2D eigenvalue weighted by molar-refractivity contribution is 7.89. The molecule has 1 aromatic carbocycles. The van der Waals surface area contributed by atoms with Gasteiger partial charge in [0.15, 0.2) is 0 Å². The highest BCUT2D eigenvalue weighted by Crippen LogP contribution is 2.32. The van der Waals surface area contributed by atoms with Crippen molar-refractivity contribution in [2.24, 2.45) is 0 Å². The highest BCUT2D eigenvalue weighted by Gasteiger charge is 2.29. The van der Waals surface area contributed by atoms with Crippen molar-refractivity contribution in [3.05, 3.63) is 23.8 Å². The largest absolute Gasteiger partial charge is 0.481 e. The molecule has 156 valence electrons. The van der Waals surface area contributed by atoms with Gasteiger partial charge in [-0.1, -0.05) is 26.7 Å². The van der Waals surface area contributed by atoms with Crippen molar-refractivity contribution in [1.82, 2.24) is 4.31 Å². The van der Waals surface area contributed by atoms with Crippen molar-refractivity contribution in [2.45, 2.75) is 63.7 Å². The Balaban J connectivity index is 2.22. The fraction of sp³-hybridized carbons (Fsp3) is 0.600. The summed E-state index contributed by atoms with van der Waals surface area (Å²) in [5.74, 6) is -1.25. The van der Waals surface area contributed by atoms with E-state index in [9.17, 15) is 18.0 Å². The van der Waals surface area contributed by atoms with Crippen LogP contribution in [0.5, 0.6) is 0 Å². The minimum Gasteiger partial charge on any atom is -0.481 e. The number of sulfonamides is 1. The zero-order valence-electron chi connectivity index (χ0n) is 16.7. The normalized spacial score (nSPS) is 13.8. The number of anilines is 1. The molecule has 0 atom stereocenters. The number of carboxylic acids is 1. The van der Waals surface area contributed by atoms with E-state index in [0.717, 1.165) is 31.2 Å². The van der Waals surface area contributed by atoms with Gasteiger partial charge in [-0.3, -0.25) is 9.59 Å². The SMILES string of the molecule is CCCCN(CCCC)S(=O)(=O)c1ccc2c(c1)CCN2C(=O)CCC(=O)O. The van der Waals surface area contributed by atoms with Gasteiger partial charge in [-0.25, -0.2) is 8.42 Å². The second-order valence-electron chi connectivity index (χ2n) is 7.09. The molecule has 0 fully saturated rings. The number of hydrogen-bond acceptors (Lipinski definition) is 4. The van der Waals surface area contributed by atoms with Crippen LogP contribution in [0.4, 0.5) is 5.69 Å². The van der Waals surface area contributed by atoms with Crippen molar-refractivity contribution >= 4 is 27.6 Å². The summed E-state index contributed by atoms with van der Waals surface area (Å²) in [6.45, 7) is 5.55. The first-order valence-corrected chi connectivity index (χ1v) is 11.4. The number of aliphatic carboxylic acids is 1. The van der Waals surface area contributed by atoms with Gasteiger partial charge in [-0.05, 0) is 43.0 Å². The van der Waals surface area contributed by atoms with Crippen molar-refractivity contribution in [2.75, 3.05) is 24.5 Å². The third kappa shape index (κ3) is 5.32. The van der Waals surface area contributed by atoms with Gasteiger partial charge in [-0.15, -0.1) is 0 Å². The molecule has 0 saturated carbocycles. The molecule has 1 heterocycles. The fourth-order valence-electron chi connectivity index (χ4n) is 3.32. The molecule has 0 saturated heterocycles. The van der Waals surface area contributed by atoms with Crippen LogP contribution >= 0.6 is 0 Å². The second kappa shape index (κ2) is 10.0. The van der Waals surface area contributed by atoms with Gasteiger partial charge in [0.1, 0.15) is 0 Å². The summed E-state index contributed by atoms with van der Waals surface area (Å²) >= 11 is 0. The number of amides is 1. The summed E-state index contributed by atoms with van der Waals surface area (Å²) in [7, 11) is -3.57. The molecule has 0 spiro atoms. The van der Waals surface area contributed by atoms with Gasteiger partial charge in [0.05, 0.1) is 11.3 Å². The van der Waals surface area contributed by atoms with Crippen LogP contribution in [-0.4, -0.2) is 49.3 Å². The van der Waals surface area contributed by atoms with Crippen molar-refractivity contribution < 1.29 is 23.1 Å². The third-order valence-corrected chi connectivity index (χ3v) is 6.85. The smallest absolute Gasteiger partial charge is 0.303 e. The molecule has 2 rings (SSSR count). The monoisotopic (exact) mass is 410 g/mol. The average Bonchev–Trinajstić information content (AvgIpc) is 3.09. The number of fused-ring (bicyclic) bond motifs is 1. The summed E-state index contributed by atoms with van der Waals surface area (Å²) in [6.07, 6.45) is 3.80. The second-order valence-corrected chi connectivity index (χ2v) is 9.03. The number of unbranched alkanes of at least 4 members (excludes halogenated alkanes) is 2. The molecule has 8 heteroatoms. The maximum atomic E-state index is 13.1. The van der Waals surface area contributed by atoms with Crippen LogP contribution in [0.25, 0.3) is 0 Å². The Hall–Kier alpha value is -1.93. The van der Waals surface area contributed by atoms with Gasteiger partial charge < -0.3 is 10.0 Å². The third-order valence-electron chi connectivity index (χ3n) is 4.96. The Morgan fingerprint density at radius 1 is 1.11 bits per heavy atom. The van der Waals surface area contributed by atoms with Crippen LogP contribution in [0.3, 0.4) is 0 Å². The van der Waals surface area contributed by atoms with Crippen LogP contribution in [-0.2, 0) is 26.0 Å². The van der Waals surface area contributed by atoms with Gasteiger partial charge >= 0.3 is 5.97 Å². The van der Waals surface area contributed by atoms with Crippen LogP contribution < -0.4 is 4.90 Å². The Morgan fingerprint density at radius 3 is 2.32 bits per heavy atom. The van der Waals surface area contributed by atoms with E-state index >= 15 is 0 Å². The van der Waals surface area contributed by atoms with Crippen LogP contribution in [0.15, 0.2) is 23.1 Å². The topological polar surface area (TPSA) is 95.0 Å². The average molecular weight is 411 g/mol. The summed E-state index contributed by atoms with van der Waals surface area (Å²) in [4.78, 5) is 24.8. The van der Waals surface area contributed by atoms with Crippen LogP contribution in [0.1, 0.15) is 57.9 Å². The van der Waals surface area contributed by atoms with Crippen LogP contribution in [0.2, 0.25) is 0 Å². The first-order valence-electron chi connectivity index (χ1n) is 9.96. The Morgan fingerprint density at radius 2 is 1.75 bits per heavy atom. The highest BCUT2D eigenvalue weighted by atomic mass is 32.2. The van der Waals surface area contributed by atoms with Gasteiger partial charge in [0.25, 0.3) is 0 Å². The zero-order valence-corrected chi connectivity index (χ0v) is 17.5. The molecular weight excluding hydrogens is 380 g/mol.